The smallest absolute Gasteiger partial charge is 0.225 e. The minimum atomic E-state index is -3.12. The van der Waals surface area contributed by atoms with Gasteiger partial charge in [-0.2, -0.15) is 4.31 Å². The third-order valence-corrected chi connectivity index (χ3v) is 6.95. The van der Waals surface area contributed by atoms with Crippen LogP contribution in [-0.2, 0) is 21.2 Å². The second kappa shape index (κ2) is 6.61. The van der Waals surface area contributed by atoms with Gasteiger partial charge < -0.3 is 5.32 Å². The SMILES string of the molecule is CC(CCc1ccccc1)NC(=O)C1CN(S(=O)(=O)C2CC2)C1. The van der Waals surface area contributed by atoms with Crippen molar-refractivity contribution in [2.75, 3.05) is 13.1 Å². The first-order chi connectivity index (χ1) is 11.0. The van der Waals surface area contributed by atoms with Crippen LogP contribution in [0.1, 0.15) is 31.7 Å². The molecule has 0 radical (unpaired) electrons. The molecule has 1 N–H and O–H groups in total. The van der Waals surface area contributed by atoms with Gasteiger partial charge in [0.15, 0.2) is 0 Å². The maximum atomic E-state index is 12.2. The molecule has 6 heteroatoms. The van der Waals surface area contributed by atoms with Crippen LogP contribution in [0, 0.1) is 5.92 Å². The molecule has 0 bridgehead atoms. The fraction of sp³-hybridized carbons (Fsp3) is 0.588. The van der Waals surface area contributed by atoms with Gasteiger partial charge in [-0.3, -0.25) is 4.79 Å². The van der Waals surface area contributed by atoms with E-state index in [1.54, 1.807) is 0 Å². The summed E-state index contributed by atoms with van der Waals surface area (Å²) in [6, 6.07) is 10.3. The van der Waals surface area contributed by atoms with Crippen LogP contribution in [-0.4, -0.2) is 43.0 Å². The Labute approximate surface area is 138 Å². The highest BCUT2D eigenvalue weighted by Crippen LogP contribution is 2.34. The van der Waals surface area contributed by atoms with Gasteiger partial charge >= 0.3 is 0 Å². The number of hydrogen-bond acceptors (Lipinski definition) is 3. The topological polar surface area (TPSA) is 66.5 Å². The largest absolute Gasteiger partial charge is 0.353 e. The zero-order chi connectivity index (χ0) is 16.4. The summed E-state index contributed by atoms with van der Waals surface area (Å²) in [7, 11) is -3.12. The molecule has 1 saturated carbocycles. The highest BCUT2D eigenvalue weighted by Gasteiger charge is 2.46. The van der Waals surface area contributed by atoms with Crippen molar-refractivity contribution in [1.29, 1.82) is 0 Å². The van der Waals surface area contributed by atoms with E-state index in [0.29, 0.717) is 13.1 Å². The van der Waals surface area contributed by atoms with Crippen molar-refractivity contribution in [1.82, 2.24) is 9.62 Å². The van der Waals surface area contributed by atoms with E-state index in [9.17, 15) is 13.2 Å². The van der Waals surface area contributed by atoms with Gasteiger partial charge in [-0.05, 0) is 38.2 Å². The fourth-order valence-corrected chi connectivity index (χ4v) is 4.78. The highest BCUT2D eigenvalue weighted by molar-refractivity contribution is 7.90. The van der Waals surface area contributed by atoms with Gasteiger partial charge in [0.2, 0.25) is 15.9 Å². The van der Waals surface area contributed by atoms with Crippen molar-refractivity contribution < 1.29 is 13.2 Å². The molecule has 1 saturated heterocycles. The first-order valence-corrected chi connectivity index (χ1v) is 9.80. The third kappa shape index (κ3) is 3.93. The molecule has 1 unspecified atom stereocenters. The second-order valence-corrected chi connectivity index (χ2v) is 8.91. The van der Waals surface area contributed by atoms with Crippen LogP contribution < -0.4 is 5.32 Å². The Bertz CT molecular complexity index is 650. The standard InChI is InChI=1S/C17H24N2O3S/c1-13(7-8-14-5-3-2-4-6-14)18-17(20)15-11-19(12-15)23(21,22)16-9-10-16/h2-6,13,15-16H,7-12H2,1H3,(H,18,20). The first kappa shape index (κ1) is 16.5. The van der Waals surface area contributed by atoms with Crippen LogP contribution in [0.2, 0.25) is 0 Å². The summed E-state index contributed by atoms with van der Waals surface area (Å²) >= 11 is 0. The Morgan fingerprint density at radius 2 is 1.91 bits per heavy atom. The number of carbonyl (C=O) groups excluding carboxylic acids is 1. The number of nitrogens with one attached hydrogen (secondary N) is 1. The van der Waals surface area contributed by atoms with Gasteiger partial charge in [0.05, 0.1) is 11.2 Å². The normalized spacial score (nSPS) is 20.7. The Morgan fingerprint density at radius 3 is 2.52 bits per heavy atom. The number of benzene rings is 1. The van der Waals surface area contributed by atoms with E-state index in [4.69, 9.17) is 0 Å². The number of hydrogen-bond donors (Lipinski definition) is 1. The van der Waals surface area contributed by atoms with Crippen molar-refractivity contribution in [2.45, 2.75) is 43.9 Å². The van der Waals surface area contributed by atoms with Crippen LogP contribution in [0.15, 0.2) is 30.3 Å². The maximum Gasteiger partial charge on any atom is 0.225 e. The van der Waals surface area contributed by atoms with Crippen molar-refractivity contribution in [3.05, 3.63) is 35.9 Å². The molecular weight excluding hydrogens is 312 g/mol. The predicted octanol–water partition coefficient (Wildman–Crippen LogP) is 1.55. The lowest BCUT2D eigenvalue weighted by Crippen LogP contribution is -2.57. The average Bonchev–Trinajstić information content (AvgIpc) is 3.29. The second-order valence-electron chi connectivity index (χ2n) is 6.69. The van der Waals surface area contributed by atoms with Crippen molar-refractivity contribution in [3.8, 4) is 0 Å². The molecule has 3 rings (SSSR count). The summed E-state index contributed by atoms with van der Waals surface area (Å²) in [5, 5.41) is 2.82. The zero-order valence-corrected chi connectivity index (χ0v) is 14.3. The van der Waals surface area contributed by atoms with E-state index in [-0.39, 0.29) is 23.1 Å². The number of sulfonamides is 1. The summed E-state index contributed by atoms with van der Waals surface area (Å²) in [6.45, 7) is 2.68. The molecule has 1 aliphatic heterocycles. The Balaban J connectivity index is 1.40. The van der Waals surface area contributed by atoms with E-state index in [1.807, 2.05) is 25.1 Å². The lowest BCUT2D eigenvalue weighted by atomic mass is 10.0. The lowest BCUT2D eigenvalue weighted by molar-refractivity contribution is -0.128. The Kier molecular flexibility index (Phi) is 4.73. The predicted molar refractivity (Wildman–Crippen MR) is 89.4 cm³/mol. The molecule has 1 atom stereocenters. The maximum absolute atomic E-state index is 12.2. The summed E-state index contributed by atoms with van der Waals surface area (Å²) in [5.41, 5.74) is 1.26. The summed E-state index contributed by atoms with van der Waals surface area (Å²) in [5.74, 6) is -0.212. The minimum absolute atomic E-state index is 0.0205. The van der Waals surface area contributed by atoms with Gasteiger partial charge in [0.1, 0.15) is 0 Å². The van der Waals surface area contributed by atoms with Crippen LogP contribution in [0.5, 0.6) is 0 Å². The number of rotatable bonds is 7. The molecular formula is C17H24N2O3S. The zero-order valence-electron chi connectivity index (χ0n) is 13.4. The van der Waals surface area contributed by atoms with Crippen LogP contribution >= 0.6 is 0 Å². The van der Waals surface area contributed by atoms with Gasteiger partial charge in [-0.1, -0.05) is 30.3 Å². The highest BCUT2D eigenvalue weighted by atomic mass is 32.2. The monoisotopic (exact) mass is 336 g/mol. The molecule has 5 nitrogen and oxygen atoms in total. The minimum Gasteiger partial charge on any atom is -0.353 e. The average molecular weight is 336 g/mol. The van der Waals surface area contributed by atoms with Gasteiger partial charge in [0, 0.05) is 19.1 Å². The molecule has 1 aliphatic carbocycles. The van der Waals surface area contributed by atoms with Crippen molar-refractivity contribution in [2.24, 2.45) is 5.92 Å². The molecule has 2 fully saturated rings. The molecule has 1 aromatic rings. The van der Waals surface area contributed by atoms with E-state index >= 15 is 0 Å². The number of amides is 1. The fourth-order valence-electron chi connectivity index (χ4n) is 2.85. The number of nitrogens with zero attached hydrogens (tertiary/aromatic N) is 1. The summed E-state index contributed by atoms with van der Waals surface area (Å²) in [6.07, 6.45) is 3.35. The third-order valence-electron chi connectivity index (χ3n) is 4.62. The molecule has 1 amide bonds. The van der Waals surface area contributed by atoms with E-state index < -0.39 is 10.0 Å². The number of aryl methyl sites for hydroxylation is 1. The van der Waals surface area contributed by atoms with Crippen LogP contribution in [0.3, 0.4) is 0 Å². The molecule has 23 heavy (non-hydrogen) atoms. The molecule has 1 heterocycles. The van der Waals surface area contributed by atoms with Crippen molar-refractivity contribution in [3.63, 3.8) is 0 Å². The molecule has 126 valence electrons. The first-order valence-electron chi connectivity index (χ1n) is 8.30. The molecule has 2 aliphatic rings. The summed E-state index contributed by atoms with van der Waals surface area (Å²) < 4.78 is 25.5. The van der Waals surface area contributed by atoms with E-state index in [1.165, 1.54) is 9.87 Å². The van der Waals surface area contributed by atoms with E-state index in [2.05, 4.69) is 17.4 Å². The molecule has 0 spiro atoms. The Hall–Kier alpha value is -1.40. The summed E-state index contributed by atoms with van der Waals surface area (Å²) in [4.78, 5) is 12.2. The van der Waals surface area contributed by atoms with E-state index in [0.717, 1.165) is 25.7 Å². The quantitative estimate of drug-likeness (QED) is 0.821. The van der Waals surface area contributed by atoms with Crippen LogP contribution in [0.25, 0.3) is 0 Å². The van der Waals surface area contributed by atoms with Gasteiger partial charge in [0.25, 0.3) is 0 Å². The van der Waals surface area contributed by atoms with Gasteiger partial charge in [-0.25, -0.2) is 8.42 Å². The molecule has 0 aromatic heterocycles. The van der Waals surface area contributed by atoms with Gasteiger partial charge in [-0.15, -0.1) is 0 Å². The lowest BCUT2D eigenvalue weighted by Gasteiger charge is -2.37. The van der Waals surface area contributed by atoms with Crippen molar-refractivity contribution >= 4 is 15.9 Å². The number of carbonyl (C=O) groups is 1. The molecule has 1 aromatic carbocycles. The Morgan fingerprint density at radius 1 is 1.26 bits per heavy atom. The van der Waals surface area contributed by atoms with Crippen LogP contribution in [0.4, 0.5) is 0 Å².